The number of piperidine rings is 1. The molecule has 1 N–H and O–H groups in total. The smallest absolute Gasteiger partial charge is 0.387 e. The zero-order valence-electron chi connectivity index (χ0n) is 15.3. The van der Waals surface area contributed by atoms with E-state index in [0.717, 1.165) is 0 Å². The number of ether oxygens (including phenoxy) is 1. The number of halogens is 2. The summed E-state index contributed by atoms with van der Waals surface area (Å²) >= 11 is 0. The molecule has 0 saturated carbocycles. The van der Waals surface area contributed by atoms with E-state index in [-0.39, 0.29) is 35.6 Å². The summed E-state index contributed by atoms with van der Waals surface area (Å²) in [6.45, 7) is -1.56. The van der Waals surface area contributed by atoms with Crippen molar-refractivity contribution in [2.24, 2.45) is 5.92 Å². The second-order valence-electron chi connectivity index (χ2n) is 6.70. The van der Waals surface area contributed by atoms with Crippen LogP contribution in [0.5, 0.6) is 5.75 Å². The first kappa shape index (κ1) is 19.9. The van der Waals surface area contributed by atoms with Crippen LogP contribution in [0, 0.1) is 5.92 Å². The summed E-state index contributed by atoms with van der Waals surface area (Å²) in [4.78, 5) is 26.8. The summed E-state index contributed by atoms with van der Waals surface area (Å²) in [5.41, 5.74) is 0.927. The van der Waals surface area contributed by atoms with Crippen molar-refractivity contribution >= 4 is 17.4 Å². The average Bonchev–Trinajstić information content (AvgIpc) is 2.70. The maximum absolute atomic E-state index is 12.5. The van der Waals surface area contributed by atoms with Crippen LogP contribution in [0.2, 0.25) is 0 Å². The van der Waals surface area contributed by atoms with Crippen molar-refractivity contribution in [3.05, 3.63) is 60.2 Å². The maximum atomic E-state index is 12.5. The Bertz CT molecular complexity index is 806. The van der Waals surface area contributed by atoms with Gasteiger partial charge in [0.15, 0.2) is 5.78 Å². The van der Waals surface area contributed by atoms with Gasteiger partial charge in [-0.1, -0.05) is 42.5 Å². The molecule has 0 radical (unpaired) electrons. The number of hydrogen-bond acceptors (Lipinski definition) is 4. The van der Waals surface area contributed by atoms with Crippen molar-refractivity contribution in [2.75, 3.05) is 25.0 Å². The maximum Gasteiger partial charge on any atom is 0.387 e. The molecule has 148 valence electrons. The number of nitrogens with zero attached hydrogens (tertiary/aromatic N) is 1. The van der Waals surface area contributed by atoms with Crippen LogP contribution in [0.1, 0.15) is 23.2 Å². The monoisotopic (exact) mass is 388 g/mol. The second kappa shape index (κ2) is 9.41. The number of carbonyl (C=O) groups is 2. The van der Waals surface area contributed by atoms with Gasteiger partial charge in [0.05, 0.1) is 12.2 Å². The number of benzene rings is 2. The molecule has 28 heavy (non-hydrogen) atoms. The fourth-order valence-electron chi connectivity index (χ4n) is 3.35. The van der Waals surface area contributed by atoms with Crippen molar-refractivity contribution in [1.29, 1.82) is 0 Å². The Kier molecular flexibility index (Phi) is 6.71. The van der Waals surface area contributed by atoms with E-state index in [2.05, 4.69) is 10.1 Å². The third-order valence-corrected chi connectivity index (χ3v) is 4.76. The first-order chi connectivity index (χ1) is 13.5. The Morgan fingerprint density at radius 3 is 2.36 bits per heavy atom. The molecule has 1 saturated heterocycles. The number of nitrogens with one attached hydrogen (secondary N) is 1. The lowest BCUT2D eigenvalue weighted by molar-refractivity contribution is -0.117. The highest BCUT2D eigenvalue weighted by atomic mass is 19.3. The van der Waals surface area contributed by atoms with Gasteiger partial charge in [-0.15, -0.1) is 0 Å². The molecule has 5 nitrogen and oxygen atoms in total. The highest BCUT2D eigenvalue weighted by Gasteiger charge is 2.26. The molecule has 1 fully saturated rings. The van der Waals surface area contributed by atoms with E-state index >= 15 is 0 Å². The molecule has 0 aliphatic carbocycles. The van der Waals surface area contributed by atoms with Crippen molar-refractivity contribution in [3.8, 4) is 5.75 Å². The second-order valence-corrected chi connectivity index (χ2v) is 6.70. The Labute approximate surface area is 162 Å². The van der Waals surface area contributed by atoms with Crippen LogP contribution < -0.4 is 10.1 Å². The van der Waals surface area contributed by atoms with Crippen LogP contribution >= 0.6 is 0 Å². The van der Waals surface area contributed by atoms with Crippen LogP contribution in [-0.2, 0) is 4.79 Å². The first-order valence-corrected chi connectivity index (χ1v) is 9.18. The van der Waals surface area contributed by atoms with Gasteiger partial charge < -0.3 is 10.1 Å². The predicted molar refractivity (Wildman–Crippen MR) is 102 cm³/mol. The van der Waals surface area contributed by atoms with E-state index in [4.69, 9.17) is 0 Å². The first-order valence-electron chi connectivity index (χ1n) is 9.18. The number of carbonyl (C=O) groups excluding carboxylic acids is 2. The van der Waals surface area contributed by atoms with Gasteiger partial charge in [-0.25, -0.2) is 0 Å². The van der Waals surface area contributed by atoms with Gasteiger partial charge >= 0.3 is 6.61 Å². The molecule has 1 heterocycles. The lowest BCUT2D eigenvalue weighted by Gasteiger charge is -2.30. The number of rotatable bonds is 7. The van der Waals surface area contributed by atoms with E-state index in [1.165, 1.54) is 12.1 Å². The quantitative estimate of drug-likeness (QED) is 0.733. The van der Waals surface area contributed by atoms with Crippen LogP contribution in [-0.4, -0.2) is 42.8 Å². The van der Waals surface area contributed by atoms with E-state index in [9.17, 15) is 18.4 Å². The number of alkyl halides is 2. The minimum Gasteiger partial charge on any atom is -0.433 e. The molecule has 2 aromatic rings. The van der Waals surface area contributed by atoms with Gasteiger partial charge in [-0.2, -0.15) is 8.78 Å². The van der Waals surface area contributed by atoms with Crippen molar-refractivity contribution in [3.63, 3.8) is 0 Å². The third-order valence-electron chi connectivity index (χ3n) is 4.76. The fraction of sp³-hybridized carbons (Fsp3) is 0.333. The molecule has 0 bridgehead atoms. The number of ketones is 1. The molecular weight excluding hydrogens is 366 g/mol. The number of likely N-dealkylation sites (tertiary alicyclic amines) is 1. The zero-order chi connectivity index (χ0) is 19.9. The van der Waals surface area contributed by atoms with Gasteiger partial charge in [-0.05, 0) is 38.1 Å². The summed E-state index contributed by atoms with van der Waals surface area (Å²) in [5, 5.41) is 2.62. The number of anilines is 1. The van der Waals surface area contributed by atoms with E-state index < -0.39 is 6.61 Å². The minimum atomic E-state index is -2.96. The molecule has 7 heteroatoms. The van der Waals surface area contributed by atoms with Crippen LogP contribution in [0.25, 0.3) is 0 Å². The van der Waals surface area contributed by atoms with Gasteiger partial charge in [0.2, 0.25) is 5.91 Å². The standard InChI is InChI=1S/C21H22F2N2O3/c22-21(23)28-18-9-5-4-8-17(18)24-19(26)14-25-12-10-16(11-13-25)20(27)15-6-2-1-3-7-15/h1-9,16,21H,10-14H2,(H,24,26). The van der Waals surface area contributed by atoms with Crippen molar-refractivity contribution in [2.45, 2.75) is 19.5 Å². The lowest BCUT2D eigenvalue weighted by atomic mass is 9.89. The van der Waals surface area contributed by atoms with Gasteiger partial charge in [0.1, 0.15) is 5.75 Å². The number of para-hydroxylation sites is 2. The predicted octanol–water partition coefficient (Wildman–Crippen LogP) is 3.82. The van der Waals surface area contributed by atoms with Gasteiger partial charge in [0.25, 0.3) is 0 Å². The van der Waals surface area contributed by atoms with Crippen molar-refractivity contribution in [1.82, 2.24) is 4.90 Å². The third kappa shape index (κ3) is 5.36. The summed E-state index contributed by atoms with van der Waals surface area (Å²) in [6, 6.07) is 15.3. The molecular formula is C21H22F2N2O3. The Morgan fingerprint density at radius 1 is 1.04 bits per heavy atom. The molecule has 2 aromatic carbocycles. The highest BCUT2D eigenvalue weighted by molar-refractivity contribution is 5.98. The van der Waals surface area contributed by atoms with Gasteiger partial charge in [0, 0.05) is 11.5 Å². The average molecular weight is 388 g/mol. The molecule has 1 aliphatic heterocycles. The van der Waals surface area contributed by atoms with Crippen LogP contribution in [0.4, 0.5) is 14.5 Å². The highest BCUT2D eigenvalue weighted by Crippen LogP contribution is 2.26. The zero-order valence-corrected chi connectivity index (χ0v) is 15.3. The summed E-state index contributed by atoms with van der Waals surface area (Å²) in [6.07, 6.45) is 1.37. The number of Topliss-reactive ketones (excluding diaryl/α,β-unsaturated/α-hetero) is 1. The minimum absolute atomic E-state index is 0.0399. The largest absolute Gasteiger partial charge is 0.433 e. The molecule has 1 amide bonds. The van der Waals surface area contributed by atoms with E-state index in [1.54, 1.807) is 12.1 Å². The van der Waals surface area contributed by atoms with E-state index in [0.29, 0.717) is 31.5 Å². The molecule has 0 spiro atoms. The fourth-order valence-corrected chi connectivity index (χ4v) is 3.35. The van der Waals surface area contributed by atoms with Crippen LogP contribution in [0.3, 0.4) is 0 Å². The molecule has 1 aliphatic rings. The molecule has 3 rings (SSSR count). The summed E-state index contributed by atoms with van der Waals surface area (Å²) in [7, 11) is 0. The Balaban J connectivity index is 1.50. The molecule has 0 atom stereocenters. The Hall–Kier alpha value is -2.80. The number of hydrogen-bond donors (Lipinski definition) is 1. The molecule has 0 aromatic heterocycles. The molecule has 0 unspecified atom stereocenters. The van der Waals surface area contributed by atoms with Crippen LogP contribution in [0.15, 0.2) is 54.6 Å². The topological polar surface area (TPSA) is 58.6 Å². The Morgan fingerprint density at radius 2 is 1.68 bits per heavy atom. The SMILES string of the molecule is O=C(CN1CCC(C(=O)c2ccccc2)CC1)Nc1ccccc1OC(F)F. The summed E-state index contributed by atoms with van der Waals surface area (Å²) < 4.78 is 29.3. The summed E-state index contributed by atoms with van der Waals surface area (Å²) in [5.74, 6) is -0.277. The number of amides is 1. The van der Waals surface area contributed by atoms with Crippen molar-refractivity contribution < 1.29 is 23.1 Å². The van der Waals surface area contributed by atoms with Gasteiger partial charge in [-0.3, -0.25) is 14.5 Å². The van der Waals surface area contributed by atoms with E-state index in [1.807, 2.05) is 35.2 Å². The lowest BCUT2D eigenvalue weighted by Crippen LogP contribution is -2.40. The normalized spacial score (nSPS) is 15.4.